The van der Waals surface area contributed by atoms with E-state index in [1.54, 1.807) is 0 Å². The fourth-order valence-corrected chi connectivity index (χ4v) is 2.59. The van der Waals surface area contributed by atoms with Gasteiger partial charge in [0.25, 0.3) is 0 Å². The van der Waals surface area contributed by atoms with Gasteiger partial charge in [-0.15, -0.1) is 21.8 Å². The number of rotatable bonds is 3. The third kappa shape index (κ3) is 2.59. The van der Waals surface area contributed by atoms with E-state index in [0.717, 1.165) is 18.2 Å². The van der Waals surface area contributed by atoms with E-state index in [2.05, 4.69) is 10.2 Å². The lowest BCUT2D eigenvalue weighted by molar-refractivity contribution is -0.0390. The first-order valence-electron chi connectivity index (χ1n) is 5.93. The monoisotopic (exact) mass is 263 g/mol. The van der Waals surface area contributed by atoms with Crippen LogP contribution in [0.5, 0.6) is 0 Å². The normalized spacial score (nSPS) is 20.7. The van der Waals surface area contributed by atoms with Gasteiger partial charge in [-0.1, -0.05) is 0 Å². The molecule has 0 radical (unpaired) electrons. The maximum absolute atomic E-state index is 13.1. The zero-order valence-corrected chi connectivity index (χ0v) is 10.6. The minimum absolute atomic E-state index is 0.0511. The van der Waals surface area contributed by atoms with Crippen LogP contribution >= 0.6 is 11.6 Å². The van der Waals surface area contributed by atoms with Gasteiger partial charge < -0.3 is 4.57 Å². The predicted octanol–water partition coefficient (Wildman–Crippen LogP) is 3.33. The zero-order valence-electron chi connectivity index (χ0n) is 9.80. The first kappa shape index (κ1) is 12.7. The summed E-state index contributed by atoms with van der Waals surface area (Å²) in [6, 6.07) is 0. The second-order valence-electron chi connectivity index (χ2n) is 4.48. The molecule has 0 amide bonds. The van der Waals surface area contributed by atoms with Crippen molar-refractivity contribution >= 4 is 11.6 Å². The van der Waals surface area contributed by atoms with E-state index in [-0.39, 0.29) is 18.8 Å². The summed E-state index contributed by atoms with van der Waals surface area (Å²) in [6.07, 6.45) is 0.857. The maximum atomic E-state index is 13.1. The Balaban J connectivity index is 2.15. The molecule has 1 aliphatic rings. The molecule has 6 heteroatoms. The van der Waals surface area contributed by atoms with Crippen molar-refractivity contribution in [1.29, 1.82) is 0 Å². The average molecular weight is 264 g/mol. The summed E-state index contributed by atoms with van der Waals surface area (Å²) in [5, 5.41) is 8.12. The van der Waals surface area contributed by atoms with Crippen molar-refractivity contribution in [3.8, 4) is 0 Å². The molecule has 1 fully saturated rings. The van der Waals surface area contributed by atoms with Crippen molar-refractivity contribution in [2.24, 2.45) is 0 Å². The quantitative estimate of drug-likeness (QED) is 0.783. The molecule has 0 unspecified atom stereocenters. The Bertz CT molecular complexity index is 382. The topological polar surface area (TPSA) is 30.7 Å². The Hall–Kier alpha value is -0.710. The van der Waals surface area contributed by atoms with E-state index in [4.69, 9.17) is 11.6 Å². The van der Waals surface area contributed by atoms with Gasteiger partial charge in [0.2, 0.25) is 5.92 Å². The largest absolute Gasteiger partial charge is 0.314 e. The molecule has 2 rings (SSSR count). The summed E-state index contributed by atoms with van der Waals surface area (Å²) < 4.78 is 28.1. The van der Waals surface area contributed by atoms with Crippen LogP contribution in [-0.4, -0.2) is 20.7 Å². The molecule has 96 valence electrons. The Morgan fingerprint density at radius 3 is 2.53 bits per heavy atom. The molecule has 1 aromatic rings. The SMILES string of the molecule is CCn1c(CCl)nnc1C1CCC(F)(F)CC1. The van der Waals surface area contributed by atoms with Crippen LogP contribution in [0.4, 0.5) is 8.78 Å². The van der Waals surface area contributed by atoms with E-state index < -0.39 is 5.92 Å². The van der Waals surface area contributed by atoms with Crippen molar-refractivity contribution in [1.82, 2.24) is 14.8 Å². The average Bonchev–Trinajstić information content (AvgIpc) is 2.71. The molecule has 0 N–H and O–H groups in total. The van der Waals surface area contributed by atoms with Gasteiger partial charge in [0.15, 0.2) is 0 Å². The lowest BCUT2D eigenvalue weighted by Gasteiger charge is -2.27. The van der Waals surface area contributed by atoms with Crippen LogP contribution in [0.15, 0.2) is 0 Å². The fourth-order valence-electron chi connectivity index (χ4n) is 2.39. The van der Waals surface area contributed by atoms with Crippen molar-refractivity contribution < 1.29 is 8.78 Å². The Labute approximate surface area is 104 Å². The first-order chi connectivity index (χ1) is 8.07. The second-order valence-corrected chi connectivity index (χ2v) is 4.75. The van der Waals surface area contributed by atoms with Gasteiger partial charge in [0.05, 0.1) is 5.88 Å². The van der Waals surface area contributed by atoms with Crippen LogP contribution in [0.3, 0.4) is 0 Å². The number of alkyl halides is 3. The highest BCUT2D eigenvalue weighted by atomic mass is 35.5. The highest BCUT2D eigenvalue weighted by molar-refractivity contribution is 6.16. The van der Waals surface area contributed by atoms with E-state index in [9.17, 15) is 8.78 Å². The molecular weight excluding hydrogens is 248 g/mol. The second kappa shape index (κ2) is 4.88. The third-order valence-corrected chi connectivity index (χ3v) is 3.61. The molecular formula is C11H16ClF2N3. The molecule has 0 aromatic carbocycles. The van der Waals surface area contributed by atoms with Crippen molar-refractivity contribution in [3.63, 3.8) is 0 Å². The van der Waals surface area contributed by atoms with E-state index in [1.807, 2.05) is 11.5 Å². The number of halogens is 3. The molecule has 0 saturated heterocycles. The predicted molar refractivity (Wildman–Crippen MR) is 61.4 cm³/mol. The number of aromatic nitrogens is 3. The van der Waals surface area contributed by atoms with Crippen LogP contribution in [-0.2, 0) is 12.4 Å². The minimum atomic E-state index is -2.50. The van der Waals surface area contributed by atoms with Crippen LogP contribution in [0.2, 0.25) is 0 Å². The van der Waals surface area contributed by atoms with Gasteiger partial charge in [-0.25, -0.2) is 8.78 Å². The standard InChI is InChI=1S/C11H16ClF2N3/c1-2-17-9(7-12)15-16-10(17)8-3-5-11(13,14)6-4-8/h8H,2-7H2,1H3. The molecule has 17 heavy (non-hydrogen) atoms. The Morgan fingerprint density at radius 1 is 1.35 bits per heavy atom. The molecule has 1 aliphatic carbocycles. The summed E-state index contributed by atoms with van der Waals surface area (Å²) in [4.78, 5) is 0. The summed E-state index contributed by atoms with van der Waals surface area (Å²) >= 11 is 5.77. The van der Waals surface area contributed by atoms with Gasteiger partial charge in [-0.2, -0.15) is 0 Å². The fraction of sp³-hybridized carbons (Fsp3) is 0.818. The third-order valence-electron chi connectivity index (χ3n) is 3.37. The van der Waals surface area contributed by atoms with Gasteiger partial charge in [0.1, 0.15) is 11.6 Å². The molecule has 1 saturated carbocycles. The summed E-state index contributed by atoms with van der Waals surface area (Å²) in [6.45, 7) is 2.72. The highest BCUT2D eigenvalue weighted by Gasteiger charge is 2.37. The maximum Gasteiger partial charge on any atom is 0.248 e. The molecule has 0 atom stereocenters. The molecule has 1 heterocycles. The lowest BCUT2D eigenvalue weighted by Crippen LogP contribution is -2.25. The van der Waals surface area contributed by atoms with Gasteiger partial charge >= 0.3 is 0 Å². The Kier molecular flexibility index (Phi) is 3.66. The summed E-state index contributed by atoms with van der Waals surface area (Å²) in [5.41, 5.74) is 0. The number of hydrogen-bond donors (Lipinski definition) is 0. The van der Waals surface area contributed by atoms with Gasteiger partial charge in [-0.05, 0) is 19.8 Å². The smallest absolute Gasteiger partial charge is 0.248 e. The van der Waals surface area contributed by atoms with E-state index in [0.29, 0.717) is 18.7 Å². The summed E-state index contributed by atoms with van der Waals surface area (Å²) in [7, 11) is 0. The molecule has 0 bridgehead atoms. The first-order valence-corrected chi connectivity index (χ1v) is 6.46. The van der Waals surface area contributed by atoms with E-state index >= 15 is 0 Å². The van der Waals surface area contributed by atoms with Crippen LogP contribution in [0.1, 0.15) is 50.2 Å². The molecule has 1 aromatic heterocycles. The van der Waals surface area contributed by atoms with Crippen molar-refractivity contribution in [2.45, 2.75) is 56.9 Å². The lowest BCUT2D eigenvalue weighted by atomic mass is 9.86. The van der Waals surface area contributed by atoms with Crippen LogP contribution in [0, 0.1) is 0 Å². The molecule has 0 aliphatic heterocycles. The molecule has 0 spiro atoms. The number of nitrogens with zero attached hydrogens (tertiary/aromatic N) is 3. The van der Waals surface area contributed by atoms with Gasteiger partial charge in [-0.3, -0.25) is 0 Å². The summed E-state index contributed by atoms with van der Waals surface area (Å²) in [5.74, 6) is -0.550. The van der Waals surface area contributed by atoms with Gasteiger partial charge in [0, 0.05) is 25.3 Å². The molecule has 3 nitrogen and oxygen atoms in total. The zero-order chi connectivity index (χ0) is 12.5. The minimum Gasteiger partial charge on any atom is -0.314 e. The van der Waals surface area contributed by atoms with Crippen LogP contribution < -0.4 is 0 Å². The Morgan fingerprint density at radius 2 is 2.00 bits per heavy atom. The van der Waals surface area contributed by atoms with Crippen LogP contribution in [0.25, 0.3) is 0 Å². The van der Waals surface area contributed by atoms with Crippen molar-refractivity contribution in [2.75, 3.05) is 0 Å². The van der Waals surface area contributed by atoms with E-state index in [1.165, 1.54) is 0 Å². The number of hydrogen-bond acceptors (Lipinski definition) is 2. The van der Waals surface area contributed by atoms with Crippen molar-refractivity contribution in [3.05, 3.63) is 11.6 Å². The highest BCUT2D eigenvalue weighted by Crippen LogP contribution is 2.40.